The Morgan fingerprint density at radius 1 is 1.00 bits per heavy atom. The molecule has 0 bridgehead atoms. The lowest BCUT2D eigenvalue weighted by Gasteiger charge is -2.22. The Kier molecular flexibility index (Phi) is 6.58. The normalized spacial score (nSPS) is 16.1. The number of sulfone groups is 1. The van der Waals surface area contributed by atoms with Crippen LogP contribution in [0.2, 0.25) is 0 Å². The summed E-state index contributed by atoms with van der Waals surface area (Å²) in [5.41, 5.74) is 1.16. The van der Waals surface area contributed by atoms with Gasteiger partial charge in [0.15, 0.2) is 9.84 Å². The molecule has 1 aromatic carbocycles. The van der Waals surface area contributed by atoms with Gasteiger partial charge in [-0.1, -0.05) is 24.3 Å². The van der Waals surface area contributed by atoms with Crippen molar-refractivity contribution in [2.45, 2.75) is 24.3 Å². The molecule has 1 amide bonds. The zero-order chi connectivity index (χ0) is 19.1. The quantitative estimate of drug-likeness (QED) is 0.758. The Labute approximate surface area is 160 Å². The van der Waals surface area contributed by atoms with Gasteiger partial charge >= 0.3 is 0 Å². The monoisotopic (exact) mass is 387 g/mol. The average molecular weight is 388 g/mol. The third-order valence-corrected chi connectivity index (χ3v) is 6.49. The number of amides is 1. The van der Waals surface area contributed by atoms with Crippen LogP contribution in [0.3, 0.4) is 0 Å². The third-order valence-electron chi connectivity index (χ3n) is 4.76. The molecular formula is C20H25N3O3S. The molecule has 2 heterocycles. The Morgan fingerprint density at radius 2 is 1.81 bits per heavy atom. The van der Waals surface area contributed by atoms with E-state index in [0.29, 0.717) is 13.1 Å². The van der Waals surface area contributed by atoms with Gasteiger partial charge in [-0.25, -0.2) is 8.42 Å². The summed E-state index contributed by atoms with van der Waals surface area (Å²) in [6.45, 7) is 3.82. The fraction of sp³-hybridized carbons (Fsp3) is 0.400. The summed E-state index contributed by atoms with van der Waals surface area (Å²) in [4.78, 5) is 21.0. The first kappa shape index (κ1) is 19.5. The van der Waals surface area contributed by atoms with Crippen LogP contribution in [0, 0.1) is 0 Å². The summed E-state index contributed by atoms with van der Waals surface area (Å²) in [5, 5.41) is 0. The molecule has 0 aliphatic carbocycles. The molecule has 0 N–H and O–H groups in total. The van der Waals surface area contributed by atoms with E-state index < -0.39 is 9.84 Å². The molecule has 0 atom stereocenters. The fourth-order valence-corrected chi connectivity index (χ4v) is 4.50. The van der Waals surface area contributed by atoms with Crippen molar-refractivity contribution in [3.8, 4) is 0 Å². The zero-order valence-electron chi connectivity index (χ0n) is 15.3. The van der Waals surface area contributed by atoms with Crippen LogP contribution in [0.1, 0.15) is 18.4 Å². The smallest absolute Gasteiger partial charge is 0.223 e. The summed E-state index contributed by atoms with van der Waals surface area (Å²) in [6.07, 6.45) is 4.54. The Bertz CT molecular complexity index is 841. The number of nitrogens with zero attached hydrogens (tertiary/aromatic N) is 3. The van der Waals surface area contributed by atoms with E-state index >= 15 is 0 Å². The molecule has 1 saturated heterocycles. The van der Waals surface area contributed by atoms with Gasteiger partial charge in [-0.15, -0.1) is 0 Å². The van der Waals surface area contributed by atoms with E-state index in [1.54, 1.807) is 41.4 Å². The lowest BCUT2D eigenvalue weighted by Crippen LogP contribution is -2.35. The number of hydrogen-bond acceptors (Lipinski definition) is 5. The van der Waals surface area contributed by atoms with Crippen LogP contribution in [-0.4, -0.2) is 61.0 Å². The van der Waals surface area contributed by atoms with E-state index in [0.717, 1.165) is 31.6 Å². The number of carbonyl (C=O) groups is 1. The second kappa shape index (κ2) is 9.10. The highest BCUT2D eigenvalue weighted by Gasteiger charge is 2.22. The van der Waals surface area contributed by atoms with Gasteiger partial charge in [-0.3, -0.25) is 14.7 Å². The van der Waals surface area contributed by atoms with Crippen molar-refractivity contribution >= 4 is 15.7 Å². The summed E-state index contributed by atoms with van der Waals surface area (Å²) < 4.78 is 24.7. The van der Waals surface area contributed by atoms with E-state index in [4.69, 9.17) is 0 Å². The van der Waals surface area contributed by atoms with Crippen LogP contribution in [-0.2, 0) is 21.2 Å². The van der Waals surface area contributed by atoms with E-state index in [2.05, 4.69) is 16.0 Å². The topological polar surface area (TPSA) is 70.6 Å². The number of aromatic nitrogens is 1. The molecule has 2 aromatic rings. The van der Waals surface area contributed by atoms with Crippen molar-refractivity contribution in [3.63, 3.8) is 0 Å². The second-order valence-electron chi connectivity index (χ2n) is 6.75. The van der Waals surface area contributed by atoms with Crippen LogP contribution >= 0.6 is 0 Å². The highest BCUT2D eigenvalue weighted by Crippen LogP contribution is 2.13. The molecule has 27 heavy (non-hydrogen) atoms. The summed E-state index contributed by atoms with van der Waals surface area (Å²) in [5.74, 6) is -0.233. The van der Waals surface area contributed by atoms with Crippen LogP contribution in [0.15, 0.2) is 59.8 Å². The molecule has 1 aliphatic heterocycles. The predicted octanol–water partition coefficient (Wildman–Crippen LogP) is 1.98. The van der Waals surface area contributed by atoms with Crippen LogP contribution < -0.4 is 0 Å². The van der Waals surface area contributed by atoms with Crippen molar-refractivity contribution in [2.24, 2.45) is 0 Å². The molecule has 1 aliphatic rings. The molecule has 7 heteroatoms. The molecule has 0 unspecified atom stereocenters. The molecule has 0 radical (unpaired) electrons. The lowest BCUT2D eigenvalue weighted by molar-refractivity contribution is -0.130. The number of rotatable bonds is 6. The van der Waals surface area contributed by atoms with Crippen LogP contribution in [0.4, 0.5) is 0 Å². The standard InChI is InChI=1S/C20H25N3O3S/c24-20(9-15-27(25,26)19-7-2-1-3-8-19)23-12-5-11-22(13-14-23)17-18-6-4-10-21-16-18/h1-4,6-8,10,16H,5,9,11-15,17H2. The van der Waals surface area contributed by atoms with Gasteiger partial charge in [-0.05, 0) is 30.2 Å². The second-order valence-corrected chi connectivity index (χ2v) is 8.86. The highest BCUT2D eigenvalue weighted by molar-refractivity contribution is 7.91. The minimum absolute atomic E-state index is 0.0276. The number of pyridine rings is 1. The molecule has 1 aromatic heterocycles. The van der Waals surface area contributed by atoms with Crippen molar-refractivity contribution < 1.29 is 13.2 Å². The summed E-state index contributed by atoms with van der Waals surface area (Å²) in [6, 6.07) is 12.3. The molecular weight excluding hydrogens is 362 g/mol. The average Bonchev–Trinajstić information content (AvgIpc) is 2.93. The molecule has 144 valence electrons. The SMILES string of the molecule is O=C(CCS(=O)(=O)c1ccccc1)N1CCCN(Cc2cccnc2)CC1. The third kappa shape index (κ3) is 5.61. The minimum Gasteiger partial charge on any atom is -0.341 e. The molecule has 1 fully saturated rings. The lowest BCUT2D eigenvalue weighted by atomic mass is 10.2. The van der Waals surface area contributed by atoms with Gasteiger partial charge in [0.1, 0.15) is 0 Å². The summed E-state index contributed by atoms with van der Waals surface area (Å²) in [7, 11) is -3.42. The van der Waals surface area contributed by atoms with Gasteiger partial charge in [0, 0.05) is 51.5 Å². The first-order chi connectivity index (χ1) is 13.0. The molecule has 0 spiro atoms. The maximum absolute atomic E-state index is 12.5. The van der Waals surface area contributed by atoms with Gasteiger partial charge in [0.25, 0.3) is 0 Å². The molecule has 6 nitrogen and oxygen atoms in total. The first-order valence-electron chi connectivity index (χ1n) is 9.21. The van der Waals surface area contributed by atoms with Gasteiger partial charge in [0.05, 0.1) is 10.6 Å². The zero-order valence-corrected chi connectivity index (χ0v) is 16.1. The van der Waals surface area contributed by atoms with E-state index in [-0.39, 0.29) is 23.0 Å². The summed E-state index contributed by atoms with van der Waals surface area (Å²) >= 11 is 0. The van der Waals surface area contributed by atoms with Crippen molar-refractivity contribution in [1.82, 2.24) is 14.8 Å². The highest BCUT2D eigenvalue weighted by atomic mass is 32.2. The van der Waals surface area contributed by atoms with Crippen molar-refractivity contribution in [1.29, 1.82) is 0 Å². The number of carbonyl (C=O) groups excluding carboxylic acids is 1. The first-order valence-corrected chi connectivity index (χ1v) is 10.9. The van der Waals surface area contributed by atoms with Crippen molar-refractivity contribution in [2.75, 3.05) is 31.9 Å². The van der Waals surface area contributed by atoms with Gasteiger partial charge < -0.3 is 4.90 Å². The van der Waals surface area contributed by atoms with E-state index in [9.17, 15) is 13.2 Å². The maximum atomic E-state index is 12.5. The molecule has 3 rings (SSSR count). The predicted molar refractivity (Wildman–Crippen MR) is 104 cm³/mol. The van der Waals surface area contributed by atoms with Crippen LogP contribution in [0.25, 0.3) is 0 Å². The number of benzene rings is 1. The minimum atomic E-state index is -3.42. The van der Waals surface area contributed by atoms with Crippen LogP contribution in [0.5, 0.6) is 0 Å². The number of hydrogen-bond donors (Lipinski definition) is 0. The van der Waals surface area contributed by atoms with Crippen molar-refractivity contribution in [3.05, 3.63) is 60.4 Å². The Hall–Kier alpha value is -2.25. The molecule has 0 saturated carbocycles. The van der Waals surface area contributed by atoms with Gasteiger partial charge in [0.2, 0.25) is 5.91 Å². The van der Waals surface area contributed by atoms with E-state index in [1.165, 1.54) is 0 Å². The Morgan fingerprint density at radius 3 is 2.56 bits per heavy atom. The largest absolute Gasteiger partial charge is 0.341 e. The maximum Gasteiger partial charge on any atom is 0.223 e. The van der Waals surface area contributed by atoms with Gasteiger partial charge in [-0.2, -0.15) is 0 Å². The fourth-order valence-electron chi connectivity index (χ4n) is 3.25. The Balaban J connectivity index is 1.51. The van der Waals surface area contributed by atoms with E-state index in [1.807, 2.05) is 12.3 Å².